The van der Waals surface area contributed by atoms with Crippen LogP contribution in [0.5, 0.6) is 5.75 Å². The Morgan fingerprint density at radius 2 is 1.78 bits per heavy atom. The zero-order valence-corrected chi connectivity index (χ0v) is 27.0. The zero-order chi connectivity index (χ0) is 32.0. The number of aromatic nitrogens is 3. The van der Waals surface area contributed by atoms with E-state index < -0.39 is 17.7 Å². The molecule has 236 valence electrons. The van der Waals surface area contributed by atoms with E-state index in [2.05, 4.69) is 54.6 Å². The number of hydrogen-bond acceptors (Lipinski definition) is 5. The average molecular weight is 616 g/mol. The Morgan fingerprint density at radius 3 is 2.61 bits per heavy atom. The summed E-state index contributed by atoms with van der Waals surface area (Å²) in [4.78, 5) is 17.8. The number of fused-ring (bicyclic) bond motifs is 8. The van der Waals surface area contributed by atoms with E-state index in [1.807, 2.05) is 50.4 Å². The lowest BCUT2D eigenvalue weighted by molar-refractivity contribution is -0.160. The van der Waals surface area contributed by atoms with Gasteiger partial charge in [-0.05, 0) is 106 Å². The Balaban J connectivity index is 1.50. The van der Waals surface area contributed by atoms with Gasteiger partial charge in [-0.25, -0.2) is 14.3 Å². The highest BCUT2D eigenvalue weighted by atomic mass is 16.5. The van der Waals surface area contributed by atoms with Crippen LogP contribution in [-0.2, 0) is 16.0 Å². The topological polar surface area (TPSA) is 86.0 Å². The lowest BCUT2D eigenvalue weighted by atomic mass is 9.86. The van der Waals surface area contributed by atoms with Crippen molar-refractivity contribution in [3.63, 3.8) is 0 Å². The summed E-state index contributed by atoms with van der Waals surface area (Å²) in [6.07, 6.45) is 5.28. The van der Waals surface area contributed by atoms with Gasteiger partial charge in [0.05, 0.1) is 23.6 Å². The van der Waals surface area contributed by atoms with E-state index in [4.69, 9.17) is 19.6 Å². The van der Waals surface area contributed by atoms with Crippen molar-refractivity contribution in [3.8, 4) is 39.4 Å². The van der Waals surface area contributed by atoms with Crippen molar-refractivity contribution in [1.29, 1.82) is 0 Å². The van der Waals surface area contributed by atoms with E-state index >= 15 is 0 Å². The first-order chi connectivity index (χ1) is 22.2. The Hall–Kier alpha value is -4.49. The molecule has 6 bridgehead atoms. The second-order valence-corrected chi connectivity index (χ2v) is 13.6. The molecule has 4 heterocycles. The number of ether oxygens (including phenoxy) is 2. The fourth-order valence-corrected chi connectivity index (χ4v) is 7.11. The van der Waals surface area contributed by atoms with Gasteiger partial charge < -0.3 is 14.6 Å². The normalized spacial score (nSPS) is 17.1. The molecule has 7 nitrogen and oxygen atoms in total. The summed E-state index contributed by atoms with van der Waals surface area (Å²) in [5, 5.41) is 15.7. The third-order valence-corrected chi connectivity index (χ3v) is 9.22. The number of aliphatic carboxylic acids is 1. The molecule has 0 radical (unpaired) electrons. The fourth-order valence-electron chi connectivity index (χ4n) is 7.11. The van der Waals surface area contributed by atoms with Gasteiger partial charge in [-0.1, -0.05) is 55.3 Å². The minimum Gasteiger partial charge on any atom is -0.493 e. The number of carboxylic acid groups (broad SMARTS) is 1. The van der Waals surface area contributed by atoms with Crippen LogP contribution in [0.3, 0.4) is 0 Å². The maximum Gasteiger partial charge on any atom is 0.337 e. The molecule has 3 aromatic carbocycles. The number of carboxylic acids is 1. The van der Waals surface area contributed by atoms with Crippen LogP contribution in [0.15, 0.2) is 72.8 Å². The van der Waals surface area contributed by atoms with Crippen LogP contribution in [0.1, 0.15) is 87.3 Å². The molecule has 1 N–H and O–H groups in total. The summed E-state index contributed by atoms with van der Waals surface area (Å²) in [7, 11) is 0. The molecule has 0 fully saturated rings. The Morgan fingerprint density at radius 1 is 0.957 bits per heavy atom. The molecule has 7 rings (SSSR count). The minimum absolute atomic E-state index is 0.367. The Labute approximate surface area is 270 Å². The van der Waals surface area contributed by atoms with Gasteiger partial charge in [0.1, 0.15) is 5.75 Å². The van der Waals surface area contributed by atoms with Crippen LogP contribution in [-0.4, -0.2) is 37.9 Å². The Kier molecular flexibility index (Phi) is 7.89. The van der Waals surface area contributed by atoms with Gasteiger partial charge >= 0.3 is 5.97 Å². The molecule has 5 aromatic rings. The number of nitrogens with zero attached hydrogens (tertiary/aromatic N) is 3. The molecule has 7 heteroatoms. The molecule has 2 unspecified atom stereocenters. The predicted octanol–water partition coefficient (Wildman–Crippen LogP) is 8.96. The van der Waals surface area contributed by atoms with Gasteiger partial charge in [-0.3, -0.25) is 0 Å². The lowest BCUT2D eigenvalue weighted by Gasteiger charge is -2.29. The van der Waals surface area contributed by atoms with Crippen LogP contribution in [0, 0.1) is 6.92 Å². The second kappa shape index (κ2) is 12.0. The molecule has 0 saturated heterocycles. The number of carbonyl (C=O) groups is 1. The highest BCUT2D eigenvalue weighted by Gasteiger charge is 2.34. The van der Waals surface area contributed by atoms with Crippen molar-refractivity contribution in [2.24, 2.45) is 0 Å². The van der Waals surface area contributed by atoms with Gasteiger partial charge in [0.25, 0.3) is 0 Å². The van der Waals surface area contributed by atoms with E-state index in [0.29, 0.717) is 35.1 Å². The molecule has 0 spiro atoms. The zero-order valence-electron chi connectivity index (χ0n) is 27.0. The number of hydrogen-bond donors (Lipinski definition) is 1. The van der Waals surface area contributed by atoms with Gasteiger partial charge in [-0.15, -0.1) is 0 Å². The van der Waals surface area contributed by atoms with Crippen molar-refractivity contribution in [2.75, 3.05) is 6.61 Å². The third-order valence-electron chi connectivity index (χ3n) is 9.22. The van der Waals surface area contributed by atoms with E-state index in [1.54, 1.807) is 0 Å². The first kappa shape index (κ1) is 30.2. The number of benzene rings is 3. The van der Waals surface area contributed by atoms with Crippen LogP contribution in [0.25, 0.3) is 39.3 Å². The van der Waals surface area contributed by atoms with E-state index in [0.717, 1.165) is 66.7 Å². The Bertz CT molecular complexity index is 1940. The lowest BCUT2D eigenvalue weighted by Crippen LogP contribution is -2.29. The van der Waals surface area contributed by atoms with E-state index in [9.17, 15) is 9.90 Å². The molecule has 2 aromatic heterocycles. The maximum atomic E-state index is 12.9. The van der Waals surface area contributed by atoms with Crippen LogP contribution >= 0.6 is 0 Å². The SMILES string of the molecule is Cc1nc2cc3nn2c(c1C(OC(C)(C)C)C(=O)O)-c1ccc2c(c1)C(CCCCCc1ccccc1-c1cccc-3c1)CCO2. The molecule has 2 aliphatic heterocycles. The molecule has 2 aliphatic rings. The molecular weight excluding hydrogens is 574 g/mol. The molecule has 0 saturated carbocycles. The van der Waals surface area contributed by atoms with E-state index in [-0.39, 0.29) is 0 Å². The van der Waals surface area contributed by atoms with Gasteiger partial charge in [-0.2, -0.15) is 5.10 Å². The molecule has 0 aliphatic carbocycles. The summed E-state index contributed by atoms with van der Waals surface area (Å²) < 4.78 is 14.2. The minimum atomic E-state index is -1.24. The average Bonchev–Trinajstić information content (AvgIpc) is 3.46. The highest BCUT2D eigenvalue weighted by Crippen LogP contribution is 2.42. The molecule has 0 amide bonds. The first-order valence-corrected chi connectivity index (χ1v) is 16.4. The van der Waals surface area contributed by atoms with Crippen molar-refractivity contribution in [1.82, 2.24) is 14.6 Å². The third kappa shape index (κ3) is 5.80. The first-order valence-electron chi connectivity index (χ1n) is 16.4. The maximum absolute atomic E-state index is 12.9. The quantitative estimate of drug-likeness (QED) is 0.218. The van der Waals surface area contributed by atoms with Crippen LogP contribution in [0.4, 0.5) is 0 Å². The number of rotatable bonds is 3. The fraction of sp³-hybridized carbons (Fsp3) is 0.359. The van der Waals surface area contributed by atoms with Crippen molar-refractivity contribution in [2.45, 2.75) is 83.8 Å². The van der Waals surface area contributed by atoms with Crippen molar-refractivity contribution < 1.29 is 19.4 Å². The van der Waals surface area contributed by atoms with Crippen LogP contribution in [0.2, 0.25) is 0 Å². The summed E-state index contributed by atoms with van der Waals surface area (Å²) in [5.41, 5.74) is 9.31. The summed E-state index contributed by atoms with van der Waals surface area (Å²) in [5.74, 6) is 0.212. The molecule has 46 heavy (non-hydrogen) atoms. The standard InChI is InChI=1S/C39H41N3O4/c1-24-35(37(38(43)44)46-39(2,3)4)36-29-17-18-33-31(22-29)26(19-20-45-33)12-7-5-6-11-25-13-8-9-16-30(25)27-14-10-15-28(21-27)32-23-34(40-24)42(36)41-32/h8-10,13-18,21-23,26,37H,5-7,11-12,19-20H2,1-4H3,(H,43,44). The van der Waals surface area contributed by atoms with E-state index in [1.165, 1.54) is 16.7 Å². The molecular formula is C39H41N3O4. The van der Waals surface area contributed by atoms with Crippen LogP contribution < -0.4 is 4.74 Å². The van der Waals surface area contributed by atoms with Crippen molar-refractivity contribution >= 4 is 11.6 Å². The second-order valence-electron chi connectivity index (χ2n) is 13.6. The smallest absolute Gasteiger partial charge is 0.337 e. The molecule has 2 atom stereocenters. The monoisotopic (exact) mass is 615 g/mol. The highest BCUT2D eigenvalue weighted by molar-refractivity contribution is 5.82. The summed E-state index contributed by atoms with van der Waals surface area (Å²) >= 11 is 0. The van der Waals surface area contributed by atoms with Gasteiger partial charge in [0, 0.05) is 28.5 Å². The van der Waals surface area contributed by atoms with Gasteiger partial charge in [0.2, 0.25) is 0 Å². The summed E-state index contributed by atoms with van der Waals surface area (Å²) in [6.45, 7) is 8.18. The van der Waals surface area contributed by atoms with Gasteiger partial charge in [0.15, 0.2) is 11.8 Å². The largest absolute Gasteiger partial charge is 0.493 e. The number of aryl methyl sites for hydroxylation is 2. The predicted molar refractivity (Wildman–Crippen MR) is 180 cm³/mol. The summed E-state index contributed by atoms with van der Waals surface area (Å²) in [6, 6.07) is 25.4. The van der Waals surface area contributed by atoms with Crippen molar-refractivity contribution in [3.05, 3.63) is 95.2 Å².